The molecule has 0 saturated heterocycles. The Morgan fingerprint density at radius 1 is 1.25 bits per heavy atom. The van der Waals surface area contributed by atoms with Crippen LogP contribution < -0.4 is 10.0 Å². The van der Waals surface area contributed by atoms with Crippen LogP contribution >= 0.6 is 11.6 Å². The molecule has 146 valence electrons. The molecule has 0 radical (unpaired) electrons. The number of nitro benzene ring substituents is 1. The highest BCUT2D eigenvalue weighted by Gasteiger charge is 2.21. The van der Waals surface area contributed by atoms with Crippen LogP contribution in [0.25, 0.3) is 5.52 Å². The first-order chi connectivity index (χ1) is 13.2. The van der Waals surface area contributed by atoms with Crippen molar-refractivity contribution in [3.63, 3.8) is 0 Å². The zero-order valence-electron chi connectivity index (χ0n) is 14.2. The number of rotatable bonds is 7. The first kappa shape index (κ1) is 19.6. The van der Waals surface area contributed by atoms with Gasteiger partial charge in [-0.15, -0.1) is 0 Å². The van der Waals surface area contributed by atoms with Crippen LogP contribution in [0.2, 0.25) is 5.02 Å². The van der Waals surface area contributed by atoms with Crippen LogP contribution in [-0.4, -0.2) is 41.2 Å². The Bertz CT molecular complexity index is 1160. The van der Waals surface area contributed by atoms with Gasteiger partial charge in [0.15, 0.2) is 0 Å². The van der Waals surface area contributed by atoms with E-state index in [4.69, 9.17) is 11.6 Å². The topological polar surface area (TPSA) is 136 Å². The Morgan fingerprint density at radius 3 is 2.79 bits per heavy atom. The van der Waals surface area contributed by atoms with Crippen LogP contribution in [0.3, 0.4) is 0 Å². The van der Waals surface area contributed by atoms with E-state index in [1.807, 2.05) is 0 Å². The third-order valence-corrected chi connectivity index (χ3v) is 5.25. The fourth-order valence-corrected chi connectivity index (χ4v) is 3.59. The van der Waals surface area contributed by atoms with Crippen LogP contribution in [0.1, 0.15) is 10.4 Å². The van der Waals surface area contributed by atoms with Crippen LogP contribution in [0.15, 0.2) is 48.8 Å². The van der Waals surface area contributed by atoms with Crippen molar-refractivity contribution in [2.24, 2.45) is 0 Å². The van der Waals surface area contributed by atoms with E-state index in [9.17, 15) is 23.3 Å². The lowest BCUT2D eigenvalue weighted by molar-refractivity contribution is -0.385. The zero-order chi connectivity index (χ0) is 20.3. The van der Waals surface area contributed by atoms with Gasteiger partial charge in [-0.1, -0.05) is 11.6 Å². The number of halogens is 1. The number of anilines is 1. The number of nitrogens with zero attached hydrogens (tertiary/aromatic N) is 3. The standard InChI is InChI=1S/C16H14ClN5O5S/c17-11-1-2-15(22(24)25)14(9-11)16(23)18-6-8-28(26,27)20-12-4-7-21-13(10-12)3-5-19-21/h1-5,7,9-10,20H,6,8H2,(H,18,23). The Kier molecular flexibility index (Phi) is 5.47. The van der Waals surface area contributed by atoms with Crippen LogP contribution in [0.5, 0.6) is 0 Å². The number of carbonyl (C=O) groups is 1. The van der Waals surface area contributed by atoms with Crippen molar-refractivity contribution in [1.29, 1.82) is 0 Å². The third kappa shape index (κ3) is 4.56. The van der Waals surface area contributed by atoms with Gasteiger partial charge < -0.3 is 5.32 Å². The van der Waals surface area contributed by atoms with Crippen molar-refractivity contribution in [2.45, 2.75) is 0 Å². The van der Waals surface area contributed by atoms with Gasteiger partial charge in [0.2, 0.25) is 10.0 Å². The van der Waals surface area contributed by atoms with E-state index in [2.05, 4.69) is 15.1 Å². The van der Waals surface area contributed by atoms with Crippen LogP contribution in [0.4, 0.5) is 11.4 Å². The number of pyridine rings is 1. The maximum absolute atomic E-state index is 12.2. The molecule has 2 aromatic heterocycles. The summed E-state index contributed by atoms with van der Waals surface area (Å²) in [5, 5.41) is 17.5. The van der Waals surface area contributed by atoms with Gasteiger partial charge >= 0.3 is 0 Å². The van der Waals surface area contributed by atoms with Crippen molar-refractivity contribution in [1.82, 2.24) is 14.9 Å². The summed E-state index contributed by atoms with van der Waals surface area (Å²) in [6.07, 6.45) is 3.19. The minimum absolute atomic E-state index is 0.153. The zero-order valence-corrected chi connectivity index (χ0v) is 15.8. The average molecular weight is 424 g/mol. The average Bonchev–Trinajstić information content (AvgIpc) is 3.08. The number of hydrogen-bond acceptors (Lipinski definition) is 6. The molecular weight excluding hydrogens is 410 g/mol. The maximum atomic E-state index is 12.2. The molecule has 3 aromatic rings. The van der Waals surface area contributed by atoms with E-state index in [1.165, 1.54) is 6.07 Å². The number of carbonyl (C=O) groups excluding carboxylic acids is 1. The highest BCUT2D eigenvalue weighted by atomic mass is 35.5. The molecule has 1 amide bonds. The first-order valence-electron chi connectivity index (χ1n) is 7.91. The van der Waals surface area contributed by atoms with E-state index in [0.717, 1.165) is 12.1 Å². The Labute approximate surface area is 164 Å². The summed E-state index contributed by atoms with van der Waals surface area (Å²) in [6, 6.07) is 8.44. The Balaban J connectivity index is 1.63. The van der Waals surface area contributed by atoms with E-state index >= 15 is 0 Å². The molecule has 12 heteroatoms. The normalized spacial score (nSPS) is 11.3. The number of fused-ring (bicyclic) bond motifs is 1. The second-order valence-electron chi connectivity index (χ2n) is 5.71. The predicted molar refractivity (Wildman–Crippen MR) is 103 cm³/mol. The number of benzene rings is 1. The van der Waals surface area contributed by atoms with E-state index < -0.39 is 32.3 Å². The van der Waals surface area contributed by atoms with Crippen molar-refractivity contribution in [2.75, 3.05) is 17.0 Å². The number of hydrogen-bond donors (Lipinski definition) is 2. The molecule has 2 heterocycles. The fourth-order valence-electron chi connectivity index (χ4n) is 2.46. The van der Waals surface area contributed by atoms with Crippen molar-refractivity contribution < 1.29 is 18.1 Å². The number of sulfonamides is 1. The number of amides is 1. The predicted octanol–water partition coefficient (Wildman–Crippen LogP) is 2.07. The molecule has 10 nitrogen and oxygen atoms in total. The fraction of sp³-hybridized carbons (Fsp3) is 0.125. The lowest BCUT2D eigenvalue weighted by Crippen LogP contribution is -2.31. The third-order valence-electron chi connectivity index (χ3n) is 3.73. The smallest absolute Gasteiger partial charge is 0.282 e. The molecular formula is C16H14ClN5O5S. The van der Waals surface area contributed by atoms with E-state index in [0.29, 0.717) is 11.2 Å². The summed E-state index contributed by atoms with van der Waals surface area (Å²) in [5.74, 6) is -1.21. The molecule has 28 heavy (non-hydrogen) atoms. The lowest BCUT2D eigenvalue weighted by atomic mass is 10.1. The van der Waals surface area contributed by atoms with Crippen molar-refractivity contribution in [3.05, 3.63) is 69.5 Å². The Morgan fingerprint density at radius 2 is 2.04 bits per heavy atom. The molecule has 0 fully saturated rings. The largest absolute Gasteiger partial charge is 0.351 e. The summed E-state index contributed by atoms with van der Waals surface area (Å²) in [7, 11) is -3.75. The SMILES string of the molecule is O=C(NCCS(=O)(=O)Nc1ccn2nccc2c1)c1cc(Cl)ccc1[N+](=O)[O-]. The monoisotopic (exact) mass is 423 g/mol. The molecule has 0 spiro atoms. The van der Waals surface area contributed by atoms with Gasteiger partial charge in [0.05, 0.1) is 21.9 Å². The summed E-state index contributed by atoms with van der Waals surface area (Å²) < 4.78 is 28.4. The van der Waals surface area contributed by atoms with Crippen LogP contribution in [0, 0.1) is 10.1 Å². The molecule has 0 aliphatic heterocycles. The molecule has 0 unspecified atom stereocenters. The molecule has 0 bridgehead atoms. The highest BCUT2D eigenvalue weighted by Crippen LogP contribution is 2.22. The minimum atomic E-state index is -3.75. The maximum Gasteiger partial charge on any atom is 0.282 e. The van der Waals surface area contributed by atoms with Gasteiger partial charge in [-0.3, -0.25) is 19.6 Å². The summed E-state index contributed by atoms with van der Waals surface area (Å²) >= 11 is 5.78. The van der Waals surface area contributed by atoms with Gasteiger partial charge in [0.25, 0.3) is 11.6 Å². The molecule has 0 aliphatic rings. The highest BCUT2D eigenvalue weighted by molar-refractivity contribution is 7.92. The van der Waals surface area contributed by atoms with Gasteiger partial charge in [0.1, 0.15) is 5.56 Å². The molecule has 1 aromatic carbocycles. The Hall–Kier alpha value is -3.18. The number of aromatic nitrogens is 2. The molecule has 0 aliphatic carbocycles. The van der Waals surface area contributed by atoms with Crippen molar-refractivity contribution >= 4 is 44.4 Å². The van der Waals surface area contributed by atoms with Crippen LogP contribution in [-0.2, 0) is 10.0 Å². The quantitative estimate of drug-likeness (QED) is 0.441. The lowest BCUT2D eigenvalue weighted by Gasteiger charge is -2.09. The minimum Gasteiger partial charge on any atom is -0.351 e. The molecule has 3 rings (SSSR count). The van der Waals surface area contributed by atoms with E-state index in [-0.39, 0.29) is 17.1 Å². The van der Waals surface area contributed by atoms with Crippen molar-refractivity contribution in [3.8, 4) is 0 Å². The van der Waals surface area contributed by atoms with Gasteiger partial charge in [-0.05, 0) is 30.3 Å². The van der Waals surface area contributed by atoms with Gasteiger partial charge in [0, 0.05) is 30.0 Å². The number of nitrogens with one attached hydrogen (secondary N) is 2. The summed E-state index contributed by atoms with van der Waals surface area (Å²) in [6.45, 7) is -0.243. The molecule has 0 atom stereocenters. The van der Waals surface area contributed by atoms with Gasteiger partial charge in [-0.25, -0.2) is 12.9 Å². The first-order valence-corrected chi connectivity index (χ1v) is 9.94. The second-order valence-corrected chi connectivity index (χ2v) is 7.99. The molecule has 2 N–H and O–H groups in total. The second kappa shape index (κ2) is 7.82. The van der Waals surface area contributed by atoms with Gasteiger partial charge in [-0.2, -0.15) is 5.10 Å². The van der Waals surface area contributed by atoms with E-state index in [1.54, 1.807) is 35.1 Å². The summed E-state index contributed by atoms with van der Waals surface area (Å²) in [5.41, 5.74) is 0.401. The molecule has 0 saturated carbocycles. The summed E-state index contributed by atoms with van der Waals surface area (Å²) in [4.78, 5) is 22.5. The number of nitro groups is 1.